The summed E-state index contributed by atoms with van der Waals surface area (Å²) in [4.78, 5) is 36.9. The Bertz CT molecular complexity index is 1010. The minimum absolute atomic E-state index is 0.201. The topological polar surface area (TPSA) is 94.4 Å². The van der Waals surface area contributed by atoms with Crippen LogP contribution in [0.3, 0.4) is 0 Å². The molecule has 0 saturated carbocycles. The number of fused-ring (bicyclic) bond motifs is 1. The molecule has 2 atom stereocenters. The van der Waals surface area contributed by atoms with E-state index >= 15 is 0 Å². The SMILES string of the molecule is CCC(C#Cn1c(=O)n(C2CCC(=O)NC2=O)c2ccccc21)OCCCNC. The third kappa shape index (κ3) is 4.58. The molecule has 1 aliphatic rings. The van der Waals surface area contributed by atoms with Crippen LogP contribution in [-0.2, 0) is 14.3 Å². The van der Waals surface area contributed by atoms with Gasteiger partial charge in [0.1, 0.15) is 12.1 Å². The fourth-order valence-corrected chi connectivity index (χ4v) is 3.38. The second-order valence-electron chi connectivity index (χ2n) is 6.92. The van der Waals surface area contributed by atoms with E-state index in [1.807, 2.05) is 26.1 Å². The zero-order valence-corrected chi connectivity index (χ0v) is 16.7. The molecule has 154 valence electrons. The number of nitrogens with one attached hydrogen (secondary N) is 2. The van der Waals surface area contributed by atoms with E-state index in [0.29, 0.717) is 24.1 Å². The van der Waals surface area contributed by atoms with Gasteiger partial charge in [-0.05, 0) is 50.9 Å². The fraction of sp³-hybridized carbons (Fsp3) is 0.476. The van der Waals surface area contributed by atoms with Gasteiger partial charge >= 0.3 is 5.69 Å². The number of ether oxygens (including phenoxy) is 1. The number of para-hydroxylation sites is 2. The maximum atomic E-state index is 13.1. The van der Waals surface area contributed by atoms with Crippen LogP contribution in [0.25, 0.3) is 11.0 Å². The van der Waals surface area contributed by atoms with Crippen molar-refractivity contribution in [2.45, 2.75) is 44.8 Å². The summed E-state index contributed by atoms with van der Waals surface area (Å²) in [6, 6.07) is 9.40. The molecule has 8 nitrogen and oxygen atoms in total. The molecule has 2 aromatic rings. The minimum Gasteiger partial charge on any atom is -0.365 e. The zero-order valence-electron chi connectivity index (χ0n) is 16.7. The van der Waals surface area contributed by atoms with Gasteiger partial charge in [0.25, 0.3) is 0 Å². The van der Waals surface area contributed by atoms with Gasteiger partial charge in [-0.25, -0.2) is 9.36 Å². The molecular formula is C21H26N4O4. The standard InChI is InChI=1S/C21H26N4O4/c1-3-15(29-14-6-12-22-2)11-13-24-16-7-4-5-8-17(16)25(21(24)28)18-9-10-19(26)23-20(18)27/h4-5,7-8,15,18,22H,3,6,9-10,12,14H2,1-2H3,(H,23,26,27). The van der Waals surface area contributed by atoms with Crippen LogP contribution >= 0.6 is 0 Å². The first-order chi connectivity index (χ1) is 14.1. The predicted octanol–water partition coefficient (Wildman–Crippen LogP) is 0.994. The first-order valence-electron chi connectivity index (χ1n) is 9.90. The molecule has 1 aromatic carbocycles. The van der Waals surface area contributed by atoms with Crippen LogP contribution in [0.4, 0.5) is 0 Å². The van der Waals surface area contributed by atoms with Crippen LogP contribution in [0.5, 0.6) is 0 Å². The molecule has 1 aliphatic heterocycles. The summed E-state index contributed by atoms with van der Waals surface area (Å²) in [5.74, 6) is 2.26. The van der Waals surface area contributed by atoms with Crippen molar-refractivity contribution in [3.63, 3.8) is 0 Å². The Labute approximate surface area is 169 Å². The number of piperidine rings is 1. The van der Waals surface area contributed by atoms with E-state index in [1.165, 1.54) is 9.13 Å². The van der Waals surface area contributed by atoms with Gasteiger partial charge in [0.2, 0.25) is 11.8 Å². The lowest BCUT2D eigenvalue weighted by Crippen LogP contribution is -2.44. The van der Waals surface area contributed by atoms with Gasteiger partial charge in [-0.2, -0.15) is 0 Å². The Hall–Kier alpha value is -2.89. The molecule has 8 heteroatoms. The average Bonchev–Trinajstić information content (AvgIpc) is 2.99. The normalized spacial score (nSPS) is 17.7. The van der Waals surface area contributed by atoms with Crippen LogP contribution in [-0.4, -0.2) is 47.3 Å². The summed E-state index contributed by atoms with van der Waals surface area (Å²) in [5, 5.41) is 5.38. The van der Waals surface area contributed by atoms with Crippen LogP contribution in [0.1, 0.15) is 38.6 Å². The van der Waals surface area contributed by atoms with E-state index in [9.17, 15) is 14.4 Å². The number of imidazole rings is 1. The molecule has 2 amide bonds. The second-order valence-corrected chi connectivity index (χ2v) is 6.92. The Morgan fingerprint density at radius 3 is 2.72 bits per heavy atom. The van der Waals surface area contributed by atoms with Crippen molar-refractivity contribution in [3.05, 3.63) is 34.7 Å². The highest BCUT2D eigenvalue weighted by Gasteiger charge is 2.31. The second kappa shape index (κ2) is 9.54. The van der Waals surface area contributed by atoms with Crippen molar-refractivity contribution in [2.24, 2.45) is 0 Å². The highest BCUT2D eigenvalue weighted by atomic mass is 16.5. The predicted molar refractivity (Wildman–Crippen MR) is 109 cm³/mol. The summed E-state index contributed by atoms with van der Waals surface area (Å²) in [7, 11) is 1.89. The highest BCUT2D eigenvalue weighted by molar-refractivity contribution is 6.00. The molecule has 29 heavy (non-hydrogen) atoms. The molecule has 2 N–H and O–H groups in total. The first-order valence-corrected chi connectivity index (χ1v) is 9.90. The van der Waals surface area contributed by atoms with E-state index in [4.69, 9.17) is 4.74 Å². The summed E-state index contributed by atoms with van der Waals surface area (Å²) >= 11 is 0. The number of amides is 2. The van der Waals surface area contributed by atoms with Crippen molar-refractivity contribution in [2.75, 3.05) is 20.2 Å². The van der Waals surface area contributed by atoms with E-state index in [-0.39, 0.29) is 24.9 Å². The number of hydrogen-bond acceptors (Lipinski definition) is 5. The average molecular weight is 398 g/mol. The molecule has 0 bridgehead atoms. The maximum absolute atomic E-state index is 13.1. The van der Waals surface area contributed by atoms with Crippen molar-refractivity contribution >= 4 is 22.8 Å². The minimum atomic E-state index is -0.729. The van der Waals surface area contributed by atoms with Crippen molar-refractivity contribution in [1.29, 1.82) is 0 Å². The summed E-state index contributed by atoms with van der Waals surface area (Å²) < 4.78 is 8.57. The molecule has 0 aliphatic carbocycles. The quantitative estimate of drug-likeness (QED) is 0.412. The lowest BCUT2D eigenvalue weighted by atomic mass is 10.1. The molecule has 1 saturated heterocycles. The van der Waals surface area contributed by atoms with Crippen molar-refractivity contribution in [1.82, 2.24) is 19.8 Å². The number of hydrogen-bond donors (Lipinski definition) is 2. The number of benzene rings is 1. The van der Waals surface area contributed by atoms with Crippen LogP contribution in [0, 0.1) is 12.0 Å². The number of carbonyl (C=O) groups excluding carboxylic acids is 2. The molecule has 0 radical (unpaired) electrons. The molecule has 1 fully saturated rings. The molecule has 3 rings (SSSR count). The van der Waals surface area contributed by atoms with Crippen LogP contribution < -0.4 is 16.3 Å². The van der Waals surface area contributed by atoms with Crippen LogP contribution in [0.15, 0.2) is 29.1 Å². The Balaban J connectivity index is 1.94. The van der Waals surface area contributed by atoms with E-state index in [0.717, 1.165) is 13.0 Å². The van der Waals surface area contributed by atoms with Gasteiger partial charge in [0.15, 0.2) is 0 Å². The monoisotopic (exact) mass is 398 g/mol. The van der Waals surface area contributed by atoms with Crippen molar-refractivity contribution in [3.8, 4) is 12.0 Å². The number of nitrogens with zero attached hydrogens (tertiary/aromatic N) is 2. The summed E-state index contributed by atoms with van der Waals surface area (Å²) in [5.41, 5.74) is 0.849. The van der Waals surface area contributed by atoms with E-state index in [1.54, 1.807) is 12.1 Å². The lowest BCUT2D eigenvalue weighted by molar-refractivity contribution is -0.135. The lowest BCUT2D eigenvalue weighted by Gasteiger charge is -2.21. The first kappa shape index (κ1) is 20.8. The van der Waals surface area contributed by atoms with E-state index < -0.39 is 17.6 Å². The summed E-state index contributed by atoms with van der Waals surface area (Å²) in [6.45, 7) is 3.43. The van der Waals surface area contributed by atoms with Gasteiger partial charge in [-0.3, -0.25) is 19.5 Å². The Kier molecular flexibility index (Phi) is 6.86. The molecular weight excluding hydrogens is 372 g/mol. The molecule has 0 spiro atoms. The van der Waals surface area contributed by atoms with Crippen LogP contribution in [0.2, 0.25) is 0 Å². The Morgan fingerprint density at radius 2 is 2.03 bits per heavy atom. The number of rotatable bonds is 7. The van der Waals surface area contributed by atoms with E-state index in [2.05, 4.69) is 22.6 Å². The molecule has 2 heterocycles. The Morgan fingerprint density at radius 1 is 1.28 bits per heavy atom. The molecule has 1 aromatic heterocycles. The fourth-order valence-electron chi connectivity index (χ4n) is 3.38. The van der Waals surface area contributed by atoms with Crippen molar-refractivity contribution < 1.29 is 14.3 Å². The highest BCUT2D eigenvalue weighted by Crippen LogP contribution is 2.22. The van der Waals surface area contributed by atoms with Gasteiger partial charge in [-0.15, -0.1) is 0 Å². The van der Waals surface area contributed by atoms with Gasteiger partial charge in [-0.1, -0.05) is 19.1 Å². The number of imide groups is 1. The van der Waals surface area contributed by atoms with Gasteiger partial charge < -0.3 is 10.1 Å². The number of carbonyl (C=O) groups is 2. The number of aromatic nitrogens is 2. The van der Waals surface area contributed by atoms with Gasteiger partial charge in [0.05, 0.1) is 11.0 Å². The zero-order chi connectivity index (χ0) is 20.8. The van der Waals surface area contributed by atoms with Gasteiger partial charge in [0, 0.05) is 19.1 Å². The molecule has 2 unspecified atom stereocenters. The third-order valence-corrected chi connectivity index (χ3v) is 4.90. The maximum Gasteiger partial charge on any atom is 0.341 e. The largest absolute Gasteiger partial charge is 0.365 e. The summed E-state index contributed by atoms with van der Waals surface area (Å²) in [6.07, 6.45) is 1.79. The third-order valence-electron chi connectivity index (χ3n) is 4.90. The smallest absolute Gasteiger partial charge is 0.341 e.